The Bertz CT molecular complexity index is 1630. The molecule has 5 rings (SSSR count). The number of aromatic nitrogens is 2. The fraction of sp³-hybridized carbons (Fsp3) is 0.344. The Morgan fingerprint density at radius 3 is 2.36 bits per heavy atom. The molecule has 1 fully saturated rings. The van der Waals surface area contributed by atoms with Gasteiger partial charge in [0.05, 0.1) is 6.61 Å². The van der Waals surface area contributed by atoms with Crippen LogP contribution in [-0.4, -0.2) is 23.8 Å². The summed E-state index contributed by atoms with van der Waals surface area (Å²) < 4.78 is 17.8. The summed E-state index contributed by atoms with van der Waals surface area (Å²) in [5.74, 6) is 1.02. The molecule has 1 saturated carbocycles. The van der Waals surface area contributed by atoms with Gasteiger partial charge in [-0.05, 0) is 103 Å². The van der Waals surface area contributed by atoms with Crippen molar-refractivity contribution in [1.29, 1.82) is 0 Å². The molecule has 1 aliphatic rings. The van der Waals surface area contributed by atoms with E-state index < -0.39 is 11.4 Å². The minimum absolute atomic E-state index is 0. The number of ether oxygens (including phenoxy) is 2. The number of nitrogens with zero attached hydrogens (tertiary/aromatic N) is 2. The molecule has 0 atom stereocenters. The summed E-state index contributed by atoms with van der Waals surface area (Å²) in [5.41, 5.74) is 6.91. The average Bonchev–Trinajstić information content (AvgIpc) is 3.74. The molecule has 1 aliphatic carbocycles. The molecule has 9 nitrogen and oxygen atoms in total. The standard InChI is InChI=1S/C32H35N3O6.Na/c1-20-16-27(39-15-5-14-33-30(36)24-10-11-24)17-21(2)29(20)28-7-4-6-25(22(28)3)19-40-26-12-8-23(9-13-26)18-35-31(37)34-32(38)41-35;/h4,6-9,12-13,16-17,24H,5,10-11,14-15,18-19H2,1-3H3,(H2,33,34,36,37,38);/q;+1/p-1. The second kappa shape index (κ2) is 14.1. The van der Waals surface area contributed by atoms with E-state index in [0.717, 1.165) is 63.1 Å². The van der Waals surface area contributed by atoms with Crippen LogP contribution in [0.25, 0.3) is 11.1 Å². The molecule has 214 valence electrons. The molecule has 0 saturated heterocycles. The van der Waals surface area contributed by atoms with Gasteiger partial charge in [-0.3, -0.25) is 14.3 Å². The first-order chi connectivity index (χ1) is 19.8. The molecule has 0 aliphatic heterocycles. The first kappa shape index (κ1) is 31.4. The van der Waals surface area contributed by atoms with Gasteiger partial charge < -0.3 is 24.3 Å². The Morgan fingerprint density at radius 2 is 1.71 bits per heavy atom. The van der Waals surface area contributed by atoms with Crippen LogP contribution in [0.4, 0.5) is 0 Å². The monoisotopic (exact) mass is 579 g/mol. The minimum atomic E-state index is -0.899. The van der Waals surface area contributed by atoms with Crippen LogP contribution >= 0.6 is 0 Å². The van der Waals surface area contributed by atoms with Crippen molar-refractivity contribution >= 4 is 5.91 Å². The van der Waals surface area contributed by atoms with Gasteiger partial charge in [-0.1, -0.05) is 30.3 Å². The minimum Gasteiger partial charge on any atom is -0.494 e. The van der Waals surface area contributed by atoms with Gasteiger partial charge in [0, 0.05) is 19.0 Å². The van der Waals surface area contributed by atoms with Gasteiger partial charge in [-0.15, -0.1) is 0 Å². The van der Waals surface area contributed by atoms with Gasteiger partial charge in [0.15, 0.2) is 5.69 Å². The first-order valence-electron chi connectivity index (χ1n) is 13.9. The predicted molar refractivity (Wildman–Crippen MR) is 154 cm³/mol. The van der Waals surface area contributed by atoms with Crippen LogP contribution in [0.1, 0.15) is 47.1 Å². The van der Waals surface area contributed by atoms with E-state index in [4.69, 9.17) is 14.0 Å². The molecule has 1 N–H and O–H groups in total. The third-order valence-electron chi connectivity index (χ3n) is 7.29. The molecular weight excluding hydrogens is 545 g/mol. The normalized spacial score (nSPS) is 12.5. The number of carbonyl (C=O) groups excluding carboxylic acids is 1. The van der Waals surface area contributed by atoms with Gasteiger partial charge in [0.25, 0.3) is 0 Å². The Kier molecular flexibility index (Phi) is 10.5. The second-order valence-corrected chi connectivity index (χ2v) is 10.5. The number of aryl methyl sites for hydroxylation is 2. The van der Waals surface area contributed by atoms with Crippen LogP contribution < -0.4 is 60.8 Å². The van der Waals surface area contributed by atoms with Gasteiger partial charge >= 0.3 is 35.3 Å². The zero-order valence-electron chi connectivity index (χ0n) is 24.6. The summed E-state index contributed by atoms with van der Waals surface area (Å²) in [6.07, 6.45) is 2.80. The number of rotatable bonds is 12. The van der Waals surface area contributed by atoms with Crippen LogP contribution in [0, 0.1) is 26.7 Å². The Balaban J connectivity index is 0.00000405. The molecule has 1 amide bonds. The number of nitrogens with one attached hydrogen (secondary N) is 1. The molecule has 0 radical (unpaired) electrons. The maximum atomic E-state index is 11.8. The van der Waals surface area contributed by atoms with Crippen LogP contribution in [0.5, 0.6) is 11.5 Å². The van der Waals surface area contributed by atoms with Gasteiger partial charge in [0.1, 0.15) is 18.1 Å². The Hall–Kier alpha value is -3.53. The summed E-state index contributed by atoms with van der Waals surface area (Å²) in [6.45, 7) is 8.01. The summed E-state index contributed by atoms with van der Waals surface area (Å²) in [7, 11) is 0. The van der Waals surface area contributed by atoms with Crippen molar-refractivity contribution in [3.05, 3.63) is 103 Å². The number of carbonyl (C=O) groups is 1. The average molecular weight is 580 g/mol. The van der Waals surface area contributed by atoms with E-state index in [0.29, 0.717) is 25.5 Å². The smallest absolute Gasteiger partial charge is 0.494 e. The molecule has 1 aromatic heterocycles. The maximum absolute atomic E-state index is 11.8. The van der Waals surface area contributed by atoms with Crippen molar-refractivity contribution in [3.8, 4) is 22.6 Å². The summed E-state index contributed by atoms with van der Waals surface area (Å²) in [4.78, 5) is 37.7. The van der Waals surface area contributed by atoms with Crippen LogP contribution in [-0.2, 0) is 17.9 Å². The van der Waals surface area contributed by atoms with Gasteiger partial charge in [0.2, 0.25) is 5.91 Å². The fourth-order valence-corrected chi connectivity index (χ4v) is 4.91. The van der Waals surface area contributed by atoms with Crippen molar-refractivity contribution in [2.45, 2.75) is 53.2 Å². The summed E-state index contributed by atoms with van der Waals surface area (Å²) >= 11 is 0. The van der Waals surface area contributed by atoms with Gasteiger partial charge in [-0.25, -0.2) is 4.79 Å². The molecule has 42 heavy (non-hydrogen) atoms. The third-order valence-corrected chi connectivity index (χ3v) is 7.29. The second-order valence-electron chi connectivity index (χ2n) is 10.5. The van der Waals surface area contributed by atoms with E-state index in [1.165, 1.54) is 5.56 Å². The van der Waals surface area contributed by atoms with Crippen molar-refractivity contribution in [1.82, 2.24) is 15.0 Å². The molecule has 4 aromatic rings. The quantitative estimate of drug-likeness (QED) is 0.199. The van der Waals surface area contributed by atoms with Crippen LogP contribution in [0.15, 0.2) is 68.7 Å². The molecule has 0 spiro atoms. The van der Waals surface area contributed by atoms with E-state index in [1.54, 1.807) is 0 Å². The van der Waals surface area contributed by atoms with E-state index in [1.807, 2.05) is 30.3 Å². The number of hydrogen-bond acceptors (Lipinski definition) is 6. The first-order valence-corrected chi connectivity index (χ1v) is 13.9. The zero-order valence-corrected chi connectivity index (χ0v) is 26.6. The predicted octanol–water partition coefficient (Wildman–Crippen LogP) is 1.28. The molecule has 0 bridgehead atoms. The maximum Gasteiger partial charge on any atom is 1.00 e. The third kappa shape index (κ3) is 7.85. The van der Waals surface area contributed by atoms with E-state index >= 15 is 0 Å². The molecule has 0 unspecified atom stereocenters. The van der Waals surface area contributed by atoms with E-state index in [9.17, 15) is 14.4 Å². The zero-order chi connectivity index (χ0) is 28.9. The van der Waals surface area contributed by atoms with Crippen LogP contribution in [0.3, 0.4) is 0 Å². The van der Waals surface area contributed by atoms with Crippen molar-refractivity contribution in [3.63, 3.8) is 0 Å². The summed E-state index contributed by atoms with van der Waals surface area (Å²) in [5, 5.41) is 2.97. The van der Waals surface area contributed by atoms with Crippen LogP contribution in [0.2, 0.25) is 0 Å². The number of hydrogen-bond donors (Lipinski definition) is 1. The molecule has 10 heteroatoms. The summed E-state index contributed by atoms with van der Waals surface area (Å²) in [6, 6.07) is 17.7. The molecule has 3 aromatic carbocycles. The van der Waals surface area contributed by atoms with Gasteiger partial charge in [-0.2, -0.15) is 0 Å². The SMILES string of the molecule is Cc1cc(OCCCNC(=O)C2CC2)cc(C)c1-c1cccc(COc2ccc(Cn3oc(=O)[n-]c3=O)cc2)c1C.[Na+]. The Labute approximate surface area is 266 Å². The topological polar surface area (TPSA) is 114 Å². The number of benzene rings is 3. The van der Waals surface area contributed by atoms with Crippen molar-refractivity contribution in [2.24, 2.45) is 5.92 Å². The molecule has 1 heterocycles. The Morgan fingerprint density at radius 1 is 1.00 bits per heavy atom. The van der Waals surface area contributed by atoms with Crippen molar-refractivity contribution in [2.75, 3.05) is 13.2 Å². The van der Waals surface area contributed by atoms with E-state index in [-0.39, 0.29) is 47.9 Å². The molecular formula is C32H34N3NaO6. The fourth-order valence-electron chi connectivity index (χ4n) is 4.91. The van der Waals surface area contributed by atoms with Crippen molar-refractivity contribution < 1.29 is 48.3 Å². The van der Waals surface area contributed by atoms with E-state index in [2.05, 4.69) is 55.3 Å². The largest absolute Gasteiger partial charge is 1.00 e. The number of amides is 1.